The fourth-order valence-corrected chi connectivity index (χ4v) is 1.42. The molecule has 2 heteroatoms. The van der Waals surface area contributed by atoms with Gasteiger partial charge in [-0.15, -0.1) is 11.6 Å². The van der Waals surface area contributed by atoms with Gasteiger partial charge in [-0.1, -0.05) is 0 Å². The van der Waals surface area contributed by atoms with Gasteiger partial charge in [0.05, 0.1) is 5.50 Å². The maximum Gasteiger partial charge on any atom is 0.0869 e. The van der Waals surface area contributed by atoms with Crippen molar-refractivity contribution in [2.45, 2.75) is 18.0 Å². The van der Waals surface area contributed by atoms with Gasteiger partial charge in [0.1, 0.15) is 0 Å². The summed E-state index contributed by atoms with van der Waals surface area (Å²) < 4.78 is 0. The maximum atomic E-state index is 5.67. The Hall–Kier alpha value is 0.250. The zero-order valence-electron chi connectivity index (χ0n) is 3.39. The molecule has 0 N–H and O–H groups in total. The van der Waals surface area contributed by atoms with Crippen LogP contribution in [0.1, 0.15) is 6.42 Å². The standard InChI is InChI=1S/C4H6ClN/c5-4-1-3-2-6(3)4/h3-4H,1-2H2. The predicted octanol–water partition coefficient (Wildman–Crippen LogP) is 0.639. The normalized spacial score (nSPS) is 62.5. The number of halogens is 1. The van der Waals surface area contributed by atoms with Crippen molar-refractivity contribution in [1.82, 2.24) is 4.90 Å². The molecule has 0 aliphatic carbocycles. The highest BCUT2D eigenvalue weighted by atomic mass is 35.5. The first-order valence-corrected chi connectivity index (χ1v) is 2.71. The van der Waals surface area contributed by atoms with Gasteiger partial charge < -0.3 is 0 Å². The lowest BCUT2D eigenvalue weighted by atomic mass is 10.2. The van der Waals surface area contributed by atoms with Gasteiger partial charge in [-0.25, -0.2) is 0 Å². The highest BCUT2D eigenvalue weighted by Crippen LogP contribution is 2.40. The van der Waals surface area contributed by atoms with Crippen molar-refractivity contribution in [3.63, 3.8) is 0 Å². The van der Waals surface area contributed by atoms with Crippen molar-refractivity contribution in [1.29, 1.82) is 0 Å². The highest BCUT2D eigenvalue weighted by molar-refractivity contribution is 6.21. The van der Waals surface area contributed by atoms with Gasteiger partial charge >= 0.3 is 0 Å². The fraction of sp³-hybridized carbons (Fsp3) is 1.00. The second-order valence-corrected chi connectivity index (χ2v) is 2.52. The molecule has 0 radical (unpaired) electrons. The summed E-state index contributed by atoms with van der Waals surface area (Å²) in [7, 11) is 0. The quantitative estimate of drug-likeness (QED) is 0.247. The molecule has 2 heterocycles. The molecule has 0 bridgehead atoms. The van der Waals surface area contributed by atoms with E-state index in [1.807, 2.05) is 0 Å². The number of rotatable bonds is 0. The van der Waals surface area contributed by atoms with Crippen LogP contribution >= 0.6 is 11.6 Å². The molecule has 2 fully saturated rings. The van der Waals surface area contributed by atoms with E-state index in [1.165, 1.54) is 13.0 Å². The van der Waals surface area contributed by atoms with E-state index in [0.717, 1.165) is 6.04 Å². The van der Waals surface area contributed by atoms with Crippen molar-refractivity contribution < 1.29 is 0 Å². The first-order valence-electron chi connectivity index (χ1n) is 2.28. The number of nitrogens with zero attached hydrogens (tertiary/aromatic N) is 1. The molecule has 2 saturated heterocycles. The third kappa shape index (κ3) is 0.221. The topological polar surface area (TPSA) is 3.01 Å². The average molecular weight is 104 g/mol. The molecule has 0 saturated carbocycles. The average Bonchev–Trinajstić information content (AvgIpc) is 2.12. The maximum absolute atomic E-state index is 5.67. The summed E-state index contributed by atoms with van der Waals surface area (Å²) in [6.45, 7) is 1.27. The van der Waals surface area contributed by atoms with Crippen LogP contribution in [0.15, 0.2) is 0 Å². The first-order chi connectivity index (χ1) is 2.88. The monoisotopic (exact) mass is 103 g/mol. The Morgan fingerprint density at radius 1 is 1.67 bits per heavy atom. The molecule has 0 aromatic rings. The lowest BCUT2D eigenvalue weighted by Crippen LogP contribution is -2.26. The summed E-state index contributed by atoms with van der Waals surface area (Å²) in [6, 6.07) is 0.910. The van der Waals surface area contributed by atoms with Crippen LogP contribution in [-0.2, 0) is 0 Å². The summed E-state index contributed by atoms with van der Waals surface area (Å²) >= 11 is 5.67. The van der Waals surface area contributed by atoms with E-state index in [-0.39, 0.29) is 0 Å². The summed E-state index contributed by atoms with van der Waals surface area (Å²) in [4.78, 5) is 2.28. The van der Waals surface area contributed by atoms with Gasteiger partial charge in [0, 0.05) is 12.6 Å². The molecule has 2 aliphatic rings. The Bertz CT molecular complexity index is 83.6. The van der Waals surface area contributed by atoms with Gasteiger partial charge in [-0.05, 0) is 6.42 Å². The Morgan fingerprint density at radius 2 is 2.50 bits per heavy atom. The fourth-order valence-electron chi connectivity index (χ4n) is 0.971. The zero-order valence-corrected chi connectivity index (χ0v) is 4.15. The SMILES string of the molecule is ClC1CC2CN12. The van der Waals surface area contributed by atoms with Crippen molar-refractivity contribution in [3.8, 4) is 0 Å². The van der Waals surface area contributed by atoms with E-state index < -0.39 is 0 Å². The van der Waals surface area contributed by atoms with Gasteiger partial charge in [0.25, 0.3) is 0 Å². The van der Waals surface area contributed by atoms with E-state index in [1.54, 1.807) is 0 Å². The summed E-state index contributed by atoms with van der Waals surface area (Å²) in [5.41, 5.74) is 0.412. The van der Waals surface area contributed by atoms with Crippen LogP contribution in [0.2, 0.25) is 0 Å². The van der Waals surface area contributed by atoms with E-state index >= 15 is 0 Å². The van der Waals surface area contributed by atoms with E-state index in [9.17, 15) is 0 Å². The van der Waals surface area contributed by atoms with E-state index in [0.29, 0.717) is 5.50 Å². The lowest BCUT2D eigenvalue weighted by Gasteiger charge is -2.18. The summed E-state index contributed by atoms with van der Waals surface area (Å²) in [5, 5.41) is 0. The molecule has 0 aromatic carbocycles. The number of fused-ring (bicyclic) bond motifs is 1. The van der Waals surface area contributed by atoms with Crippen LogP contribution in [0.25, 0.3) is 0 Å². The van der Waals surface area contributed by atoms with Gasteiger partial charge in [0.15, 0.2) is 0 Å². The molecule has 3 unspecified atom stereocenters. The molecule has 0 amide bonds. The van der Waals surface area contributed by atoms with Crippen LogP contribution in [0, 0.1) is 0 Å². The molecule has 1 nitrogen and oxygen atoms in total. The number of hydrogen-bond acceptors (Lipinski definition) is 1. The van der Waals surface area contributed by atoms with Crippen molar-refractivity contribution in [2.75, 3.05) is 6.54 Å². The van der Waals surface area contributed by atoms with Gasteiger partial charge in [-0.3, -0.25) is 4.90 Å². The van der Waals surface area contributed by atoms with Crippen LogP contribution in [0.3, 0.4) is 0 Å². The second-order valence-electron chi connectivity index (χ2n) is 2.02. The van der Waals surface area contributed by atoms with Gasteiger partial charge in [-0.2, -0.15) is 0 Å². The van der Waals surface area contributed by atoms with Crippen LogP contribution in [0.5, 0.6) is 0 Å². The van der Waals surface area contributed by atoms with E-state index in [4.69, 9.17) is 11.6 Å². The number of hydrogen-bond donors (Lipinski definition) is 0. The van der Waals surface area contributed by atoms with Gasteiger partial charge in [0.2, 0.25) is 0 Å². The smallest absolute Gasteiger partial charge is 0.0869 e. The van der Waals surface area contributed by atoms with Crippen molar-refractivity contribution in [3.05, 3.63) is 0 Å². The molecule has 3 atom stereocenters. The zero-order chi connectivity index (χ0) is 4.15. The summed E-state index contributed by atoms with van der Waals surface area (Å²) in [6.07, 6.45) is 1.24. The largest absolute Gasteiger partial charge is 0.281 e. The highest BCUT2D eigenvalue weighted by Gasteiger charge is 2.49. The van der Waals surface area contributed by atoms with E-state index in [2.05, 4.69) is 4.90 Å². The van der Waals surface area contributed by atoms with Crippen molar-refractivity contribution >= 4 is 11.6 Å². The molecule has 6 heavy (non-hydrogen) atoms. The second kappa shape index (κ2) is 0.749. The molecule has 0 spiro atoms. The summed E-state index contributed by atoms with van der Waals surface area (Å²) in [5.74, 6) is 0. The number of alkyl halides is 1. The molecule has 2 rings (SSSR count). The Morgan fingerprint density at radius 3 is 2.50 bits per heavy atom. The molecule has 34 valence electrons. The van der Waals surface area contributed by atoms with Crippen LogP contribution < -0.4 is 0 Å². The Kier molecular flexibility index (Phi) is 0.409. The lowest BCUT2D eigenvalue weighted by molar-refractivity contribution is 0.338. The molecule has 0 aromatic heterocycles. The minimum atomic E-state index is 0.412. The third-order valence-corrected chi connectivity index (χ3v) is 2.01. The molecular formula is C4H6ClN. The minimum absolute atomic E-state index is 0.412. The Labute approximate surface area is 41.9 Å². The predicted molar refractivity (Wildman–Crippen MR) is 24.8 cm³/mol. The Balaban J connectivity index is 2.08. The first kappa shape index (κ1) is 3.28. The molecular weight excluding hydrogens is 97.5 g/mol. The minimum Gasteiger partial charge on any atom is -0.281 e. The third-order valence-electron chi connectivity index (χ3n) is 1.58. The van der Waals surface area contributed by atoms with Crippen LogP contribution in [-0.4, -0.2) is 23.0 Å². The van der Waals surface area contributed by atoms with Crippen molar-refractivity contribution in [2.24, 2.45) is 0 Å². The molecule has 2 aliphatic heterocycles. The van der Waals surface area contributed by atoms with Crippen LogP contribution in [0.4, 0.5) is 0 Å².